The quantitative estimate of drug-likeness (QED) is 0.185. The van der Waals surface area contributed by atoms with Gasteiger partial charge in [0.15, 0.2) is 0 Å². The maximum Gasteiger partial charge on any atom is 0.328 e. The van der Waals surface area contributed by atoms with Crippen molar-refractivity contribution in [1.82, 2.24) is 0 Å². The van der Waals surface area contributed by atoms with Crippen molar-refractivity contribution in [1.29, 1.82) is 0 Å². The molecule has 0 fully saturated rings. The summed E-state index contributed by atoms with van der Waals surface area (Å²) in [6.45, 7) is 2.59. The lowest BCUT2D eigenvalue weighted by molar-refractivity contribution is -0.873. The van der Waals surface area contributed by atoms with Gasteiger partial charge in [-0.15, -0.1) is 0 Å². The SMILES string of the molecule is CCCCCCc1cccc(CCCCCP(=O)(O)OC(CC(=O)O)C[N+](C)(C)C)c1.[OH-]. The molecule has 8 heteroatoms. The fourth-order valence-electron chi connectivity index (χ4n) is 3.74. The van der Waals surface area contributed by atoms with Crippen LogP contribution in [0.25, 0.3) is 0 Å². The lowest BCUT2D eigenvalue weighted by Gasteiger charge is -2.29. The van der Waals surface area contributed by atoms with E-state index in [9.17, 15) is 14.3 Å². The summed E-state index contributed by atoms with van der Waals surface area (Å²) in [7, 11) is 1.91. The number of carboxylic acids is 1. The number of aryl methyl sites for hydroxylation is 2. The summed E-state index contributed by atoms with van der Waals surface area (Å²) >= 11 is 0. The van der Waals surface area contributed by atoms with Gasteiger partial charge in [-0.3, -0.25) is 13.9 Å². The number of hydrogen-bond donors (Lipinski definition) is 2. The van der Waals surface area contributed by atoms with Crippen LogP contribution in [0, 0.1) is 0 Å². The molecule has 0 spiro atoms. The molecule has 2 unspecified atom stereocenters. The van der Waals surface area contributed by atoms with E-state index in [1.54, 1.807) is 0 Å². The summed E-state index contributed by atoms with van der Waals surface area (Å²) in [5, 5.41) is 9.06. The van der Waals surface area contributed by atoms with Crippen molar-refractivity contribution in [3.63, 3.8) is 0 Å². The molecule has 1 aromatic carbocycles. The first kappa shape index (κ1) is 30.8. The van der Waals surface area contributed by atoms with Gasteiger partial charge < -0.3 is 20.0 Å². The highest BCUT2D eigenvalue weighted by Crippen LogP contribution is 2.45. The molecule has 0 aliphatic heterocycles. The van der Waals surface area contributed by atoms with Crippen molar-refractivity contribution in [2.75, 3.05) is 33.8 Å². The third-order valence-electron chi connectivity index (χ3n) is 5.18. The van der Waals surface area contributed by atoms with E-state index in [2.05, 4.69) is 31.2 Å². The zero-order valence-corrected chi connectivity index (χ0v) is 21.2. The Morgan fingerprint density at radius 1 is 1.03 bits per heavy atom. The van der Waals surface area contributed by atoms with Crippen LogP contribution < -0.4 is 0 Å². The van der Waals surface area contributed by atoms with E-state index in [1.807, 2.05) is 21.1 Å². The fraction of sp³-hybridized carbons (Fsp3) is 0.708. The third-order valence-corrected chi connectivity index (χ3v) is 6.69. The van der Waals surface area contributed by atoms with Gasteiger partial charge in [0.25, 0.3) is 0 Å². The molecular formula is C24H44NO6P. The maximum absolute atomic E-state index is 12.4. The minimum absolute atomic E-state index is 0. The van der Waals surface area contributed by atoms with Crippen LogP contribution in [-0.2, 0) is 26.7 Å². The minimum Gasteiger partial charge on any atom is -0.870 e. The first-order chi connectivity index (χ1) is 14.5. The van der Waals surface area contributed by atoms with Crippen molar-refractivity contribution < 1.29 is 33.8 Å². The first-order valence-corrected chi connectivity index (χ1v) is 13.4. The molecule has 0 aliphatic carbocycles. The standard InChI is InChI=1S/C24H42NO5P.H2O/c1-5-6-7-9-13-21-15-12-16-22(18-21)14-10-8-11-17-31(28,29)30-23(19-24(26)27)20-25(2,3)4;/h12,15-16,18,23H,5-11,13-14,17,19-20H2,1-4H3,(H-,26,27,28,29);1H2. The smallest absolute Gasteiger partial charge is 0.328 e. The molecule has 0 amide bonds. The largest absolute Gasteiger partial charge is 0.870 e. The lowest BCUT2D eigenvalue weighted by atomic mass is 10.0. The van der Waals surface area contributed by atoms with E-state index in [0.717, 1.165) is 25.7 Å². The van der Waals surface area contributed by atoms with Gasteiger partial charge in [-0.1, -0.05) is 56.9 Å². The Morgan fingerprint density at radius 3 is 2.09 bits per heavy atom. The van der Waals surface area contributed by atoms with E-state index >= 15 is 0 Å². The predicted octanol–water partition coefficient (Wildman–Crippen LogP) is 5.10. The van der Waals surface area contributed by atoms with E-state index in [-0.39, 0.29) is 18.1 Å². The molecule has 2 atom stereocenters. The molecule has 32 heavy (non-hydrogen) atoms. The van der Waals surface area contributed by atoms with Gasteiger partial charge in [0.05, 0.1) is 27.6 Å². The van der Waals surface area contributed by atoms with Gasteiger partial charge in [-0.25, -0.2) is 0 Å². The molecule has 0 heterocycles. The summed E-state index contributed by atoms with van der Waals surface area (Å²) in [6.07, 6.45) is 8.57. The number of rotatable bonds is 17. The Hall–Kier alpha value is -1.24. The van der Waals surface area contributed by atoms with Gasteiger partial charge in [0.1, 0.15) is 12.6 Å². The summed E-state index contributed by atoms with van der Waals surface area (Å²) in [4.78, 5) is 21.3. The Kier molecular flexibility index (Phi) is 15.0. The van der Waals surface area contributed by atoms with Crippen LogP contribution in [0.4, 0.5) is 0 Å². The monoisotopic (exact) mass is 473 g/mol. The van der Waals surface area contributed by atoms with E-state index < -0.39 is 19.7 Å². The molecule has 0 radical (unpaired) electrons. The van der Waals surface area contributed by atoms with Gasteiger partial charge in [-0.05, 0) is 43.2 Å². The predicted molar refractivity (Wildman–Crippen MR) is 128 cm³/mol. The van der Waals surface area contributed by atoms with Crippen LogP contribution in [0.2, 0.25) is 0 Å². The van der Waals surface area contributed by atoms with Gasteiger partial charge in [0, 0.05) is 6.16 Å². The van der Waals surface area contributed by atoms with E-state index in [0.29, 0.717) is 17.4 Å². The van der Waals surface area contributed by atoms with Crippen molar-refractivity contribution in [2.45, 2.75) is 77.2 Å². The highest BCUT2D eigenvalue weighted by molar-refractivity contribution is 7.52. The number of carboxylic acid groups (broad SMARTS) is 1. The summed E-state index contributed by atoms with van der Waals surface area (Å²) in [5.74, 6) is -1.02. The van der Waals surface area contributed by atoms with Crippen molar-refractivity contribution in [2.24, 2.45) is 0 Å². The Balaban J connectivity index is 0.00000961. The minimum atomic E-state index is -3.80. The van der Waals surface area contributed by atoms with Crippen LogP contribution in [0.15, 0.2) is 24.3 Å². The number of carbonyl (C=O) groups is 1. The summed E-state index contributed by atoms with van der Waals surface area (Å²) in [5.41, 5.74) is 2.71. The number of unbranched alkanes of at least 4 members (excludes halogenated alkanes) is 5. The Bertz CT molecular complexity index is 704. The Morgan fingerprint density at radius 2 is 1.59 bits per heavy atom. The first-order valence-electron chi connectivity index (χ1n) is 11.6. The van der Waals surface area contributed by atoms with Gasteiger partial charge in [-0.2, -0.15) is 0 Å². The zero-order valence-electron chi connectivity index (χ0n) is 20.3. The van der Waals surface area contributed by atoms with Crippen molar-refractivity contribution in [3.8, 4) is 0 Å². The van der Waals surface area contributed by atoms with Crippen molar-refractivity contribution in [3.05, 3.63) is 35.4 Å². The van der Waals surface area contributed by atoms with Crippen LogP contribution >= 0.6 is 7.60 Å². The second-order valence-electron chi connectivity index (χ2n) is 9.60. The molecule has 186 valence electrons. The lowest BCUT2D eigenvalue weighted by Crippen LogP contribution is -2.42. The van der Waals surface area contributed by atoms with Crippen LogP contribution in [-0.4, -0.2) is 65.9 Å². The molecule has 3 N–H and O–H groups in total. The molecule has 0 aliphatic rings. The highest BCUT2D eigenvalue weighted by Gasteiger charge is 2.30. The maximum atomic E-state index is 12.4. The molecular weight excluding hydrogens is 429 g/mol. The number of nitrogens with zero attached hydrogens (tertiary/aromatic N) is 1. The van der Waals surface area contributed by atoms with Crippen molar-refractivity contribution >= 4 is 13.6 Å². The number of aliphatic carboxylic acids is 1. The molecule has 0 saturated heterocycles. The topological polar surface area (TPSA) is 114 Å². The van der Waals surface area contributed by atoms with Gasteiger partial charge in [0.2, 0.25) is 0 Å². The highest BCUT2D eigenvalue weighted by atomic mass is 31.2. The van der Waals surface area contributed by atoms with Crippen LogP contribution in [0.3, 0.4) is 0 Å². The normalized spacial score (nSPS) is 14.4. The second kappa shape index (κ2) is 15.6. The molecule has 1 rings (SSSR count). The molecule has 1 aromatic rings. The molecule has 7 nitrogen and oxygen atoms in total. The summed E-state index contributed by atoms with van der Waals surface area (Å²) in [6, 6.07) is 8.75. The number of benzene rings is 1. The molecule has 0 aromatic heterocycles. The van der Waals surface area contributed by atoms with Crippen LogP contribution in [0.5, 0.6) is 0 Å². The number of likely N-dealkylation sites (N-methyl/N-ethyl adjacent to an activating group) is 1. The number of hydrogen-bond acceptors (Lipinski definition) is 4. The zero-order chi connectivity index (χ0) is 23.3. The van der Waals surface area contributed by atoms with Crippen LogP contribution in [0.1, 0.15) is 69.4 Å². The molecule has 0 saturated carbocycles. The second-order valence-corrected chi connectivity index (χ2v) is 11.5. The number of quaternary nitrogens is 1. The van der Waals surface area contributed by atoms with Gasteiger partial charge >= 0.3 is 13.6 Å². The Labute approximate surface area is 194 Å². The average molecular weight is 474 g/mol. The average Bonchev–Trinajstić information content (AvgIpc) is 2.63. The van der Waals surface area contributed by atoms with E-state index in [1.165, 1.54) is 36.8 Å². The van der Waals surface area contributed by atoms with E-state index in [4.69, 9.17) is 9.63 Å². The third kappa shape index (κ3) is 15.5. The molecule has 0 bridgehead atoms. The fourth-order valence-corrected chi connectivity index (χ4v) is 5.08. The summed E-state index contributed by atoms with van der Waals surface area (Å²) < 4.78 is 18.3.